The number of anilines is 1. The molecule has 1 fully saturated rings. The molecule has 0 aliphatic heterocycles. The summed E-state index contributed by atoms with van der Waals surface area (Å²) in [7, 11) is 0. The van der Waals surface area contributed by atoms with Crippen molar-refractivity contribution in [1.82, 2.24) is 9.97 Å². The zero-order chi connectivity index (χ0) is 14.8. The maximum absolute atomic E-state index is 11.7. The number of esters is 1. The smallest absolute Gasteiger partial charge is 0.341 e. The predicted octanol–water partition coefficient (Wildman–Crippen LogP) is 2.95. The fourth-order valence-electron chi connectivity index (χ4n) is 2.69. The fourth-order valence-corrected chi connectivity index (χ4v) is 2.69. The van der Waals surface area contributed by atoms with Crippen molar-refractivity contribution in [2.45, 2.75) is 53.0 Å². The van der Waals surface area contributed by atoms with Crippen LogP contribution in [0.25, 0.3) is 0 Å². The van der Waals surface area contributed by atoms with Crippen LogP contribution >= 0.6 is 0 Å². The number of hydrogen-bond donors (Lipinski definition) is 1. The molecular weight excluding hydrogens is 254 g/mol. The molecule has 1 aromatic heterocycles. The van der Waals surface area contributed by atoms with E-state index in [0.29, 0.717) is 35.3 Å². The lowest BCUT2D eigenvalue weighted by Crippen LogP contribution is -2.20. The highest BCUT2D eigenvalue weighted by Gasteiger charge is 2.31. The minimum atomic E-state index is -0.362. The van der Waals surface area contributed by atoms with Crippen LogP contribution in [-0.2, 0) is 4.74 Å². The number of nitrogens with one attached hydrogen (secondary N) is 1. The normalized spacial score (nSPS) is 20.7. The summed E-state index contributed by atoms with van der Waals surface area (Å²) < 4.78 is 4.97. The average molecular weight is 277 g/mol. The van der Waals surface area contributed by atoms with Crippen molar-refractivity contribution in [3.05, 3.63) is 17.5 Å². The first-order valence-corrected chi connectivity index (χ1v) is 7.18. The van der Waals surface area contributed by atoms with Crippen LogP contribution in [0.3, 0.4) is 0 Å². The fraction of sp³-hybridized carbons (Fsp3) is 0.667. The van der Waals surface area contributed by atoms with Crippen molar-refractivity contribution in [3.8, 4) is 0 Å². The zero-order valence-electron chi connectivity index (χ0n) is 12.7. The minimum absolute atomic E-state index is 0.357. The van der Waals surface area contributed by atoms with Gasteiger partial charge in [-0.1, -0.05) is 13.8 Å². The topological polar surface area (TPSA) is 64.1 Å². The summed E-state index contributed by atoms with van der Waals surface area (Å²) >= 11 is 0. The second-order valence-corrected chi connectivity index (χ2v) is 6.16. The molecule has 0 radical (unpaired) electrons. The Kier molecular flexibility index (Phi) is 4.26. The molecule has 110 valence electrons. The monoisotopic (exact) mass is 277 g/mol. The Bertz CT molecular complexity index is 500. The van der Waals surface area contributed by atoms with Crippen LogP contribution in [0.1, 0.15) is 56.1 Å². The van der Waals surface area contributed by atoms with Gasteiger partial charge in [-0.25, -0.2) is 14.8 Å². The summed E-state index contributed by atoms with van der Waals surface area (Å²) in [6.45, 7) is 8.51. The first-order chi connectivity index (χ1) is 9.41. The Balaban J connectivity index is 2.04. The van der Waals surface area contributed by atoms with Crippen molar-refractivity contribution < 1.29 is 9.53 Å². The number of hydrogen-bond acceptors (Lipinski definition) is 5. The summed E-state index contributed by atoms with van der Waals surface area (Å²) in [5, 5.41) is 3.36. The van der Waals surface area contributed by atoms with E-state index < -0.39 is 0 Å². The van der Waals surface area contributed by atoms with E-state index in [4.69, 9.17) is 4.74 Å². The molecule has 1 heterocycles. The molecule has 1 saturated carbocycles. The van der Waals surface area contributed by atoms with E-state index >= 15 is 0 Å². The van der Waals surface area contributed by atoms with Gasteiger partial charge in [0.25, 0.3) is 0 Å². The first kappa shape index (κ1) is 14.8. The van der Waals surface area contributed by atoms with Crippen molar-refractivity contribution in [2.24, 2.45) is 5.41 Å². The Hall–Kier alpha value is -1.65. The quantitative estimate of drug-likeness (QED) is 0.857. The Morgan fingerprint density at radius 3 is 2.85 bits per heavy atom. The molecular formula is C15H23N3O2. The van der Waals surface area contributed by atoms with Gasteiger partial charge in [0, 0.05) is 12.2 Å². The number of rotatable bonds is 4. The summed E-state index contributed by atoms with van der Waals surface area (Å²) in [5.74, 6) is 0.233. The van der Waals surface area contributed by atoms with Crippen LogP contribution < -0.4 is 5.32 Å². The van der Waals surface area contributed by atoms with Crippen LogP contribution in [0.5, 0.6) is 0 Å². The van der Waals surface area contributed by atoms with Crippen LogP contribution in [-0.4, -0.2) is 28.6 Å². The number of nitrogens with zero attached hydrogens (tertiary/aromatic N) is 2. The molecule has 1 atom stereocenters. The summed E-state index contributed by atoms with van der Waals surface area (Å²) in [4.78, 5) is 20.3. The lowest BCUT2D eigenvalue weighted by molar-refractivity contribution is 0.0524. The third-order valence-corrected chi connectivity index (χ3v) is 3.78. The van der Waals surface area contributed by atoms with E-state index in [1.165, 1.54) is 6.42 Å². The largest absolute Gasteiger partial charge is 0.462 e. The van der Waals surface area contributed by atoms with Gasteiger partial charge in [0.2, 0.25) is 5.95 Å². The van der Waals surface area contributed by atoms with Crippen LogP contribution in [0, 0.1) is 12.3 Å². The SMILES string of the molecule is CCOC(=O)c1cnc(NC2CCC(C)(C)C2)nc1C. The first-order valence-electron chi connectivity index (χ1n) is 7.18. The van der Waals surface area contributed by atoms with Gasteiger partial charge >= 0.3 is 5.97 Å². The minimum Gasteiger partial charge on any atom is -0.462 e. The van der Waals surface area contributed by atoms with Crippen LogP contribution in [0.2, 0.25) is 0 Å². The van der Waals surface area contributed by atoms with E-state index in [2.05, 4.69) is 29.1 Å². The Labute approximate surface area is 120 Å². The van der Waals surface area contributed by atoms with Gasteiger partial charge < -0.3 is 10.1 Å². The molecule has 0 amide bonds. The molecule has 1 aliphatic carbocycles. The lowest BCUT2D eigenvalue weighted by atomic mass is 9.92. The number of ether oxygens (including phenoxy) is 1. The van der Waals surface area contributed by atoms with Crippen molar-refractivity contribution in [3.63, 3.8) is 0 Å². The highest BCUT2D eigenvalue weighted by molar-refractivity contribution is 5.90. The Morgan fingerprint density at radius 2 is 2.30 bits per heavy atom. The Morgan fingerprint density at radius 1 is 1.55 bits per heavy atom. The van der Waals surface area contributed by atoms with E-state index in [9.17, 15) is 4.79 Å². The van der Waals surface area contributed by atoms with Crippen LogP contribution in [0.4, 0.5) is 5.95 Å². The molecule has 1 N–H and O–H groups in total. The molecule has 1 unspecified atom stereocenters. The van der Waals surface area contributed by atoms with Crippen molar-refractivity contribution in [1.29, 1.82) is 0 Å². The average Bonchev–Trinajstić information content (AvgIpc) is 2.69. The highest BCUT2D eigenvalue weighted by Crippen LogP contribution is 2.37. The van der Waals surface area contributed by atoms with Gasteiger partial charge in [-0.15, -0.1) is 0 Å². The summed E-state index contributed by atoms with van der Waals surface area (Å²) in [6.07, 6.45) is 5.01. The van der Waals surface area contributed by atoms with Gasteiger partial charge in [0.05, 0.1) is 17.9 Å². The van der Waals surface area contributed by atoms with E-state index in [-0.39, 0.29) is 5.97 Å². The highest BCUT2D eigenvalue weighted by atomic mass is 16.5. The lowest BCUT2D eigenvalue weighted by Gasteiger charge is -2.18. The molecule has 0 saturated heterocycles. The third kappa shape index (κ3) is 3.46. The van der Waals surface area contributed by atoms with Gasteiger partial charge in [-0.05, 0) is 38.5 Å². The molecule has 5 heteroatoms. The molecule has 0 bridgehead atoms. The molecule has 0 spiro atoms. The van der Waals surface area contributed by atoms with Crippen LogP contribution in [0.15, 0.2) is 6.20 Å². The molecule has 1 aromatic rings. The maximum Gasteiger partial charge on any atom is 0.341 e. The standard InChI is InChI=1S/C15H23N3O2/c1-5-20-13(19)12-9-16-14(17-10(12)2)18-11-6-7-15(3,4)8-11/h9,11H,5-8H2,1-4H3,(H,16,17,18). The van der Waals surface area contributed by atoms with Gasteiger partial charge in [-0.2, -0.15) is 0 Å². The molecule has 5 nitrogen and oxygen atoms in total. The molecule has 1 aliphatic rings. The predicted molar refractivity (Wildman–Crippen MR) is 77.8 cm³/mol. The van der Waals surface area contributed by atoms with E-state index in [0.717, 1.165) is 12.8 Å². The molecule has 0 aromatic carbocycles. The number of carbonyl (C=O) groups is 1. The number of aryl methyl sites for hydroxylation is 1. The van der Waals surface area contributed by atoms with E-state index in [1.807, 2.05) is 0 Å². The second kappa shape index (κ2) is 5.77. The van der Waals surface area contributed by atoms with Gasteiger partial charge in [0.1, 0.15) is 0 Å². The van der Waals surface area contributed by atoms with Gasteiger partial charge in [-0.3, -0.25) is 0 Å². The zero-order valence-corrected chi connectivity index (χ0v) is 12.7. The van der Waals surface area contributed by atoms with Crippen molar-refractivity contribution in [2.75, 3.05) is 11.9 Å². The van der Waals surface area contributed by atoms with Gasteiger partial charge in [0.15, 0.2) is 0 Å². The van der Waals surface area contributed by atoms with E-state index in [1.54, 1.807) is 20.0 Å². The molecule has 20 heavy (non-hydrogen) atoms. The number of carbonyl (C=O) groups excluding carboxylic acids is 1. The second-order valence-electron chi connectivity index (χ2n) is 6.16. The third-order valence-electron chi connectivity index (χ3n) is 3.78. The summed E-state index contributed by atoms with van der Waals surface area (Å²) in [6, 6.07) is 0.415. The summed E-state index contributed by atoms with van der Waals surface area (Å²) in [5.41, 5.74) is 1.47. The van der Waals surface area contributed by atoms with Crippen molar-refractivity contribution >= 4 is 11.9 Å². The number of aromatic nitrogens is 2. The molecule has 2 rings (SSSR count). The maximum atomic E-state index is 11.7.